The van der Waals surface area contributed by atoms with Gasteiger partial charge in [0, 0.05) is 19.6 Å². The van der Waals surface area contributed by atoms with E-state index in [0.29, 0.717) is 18.4 Å². The van der Waals surface area contributed by atoms with Crippen molar-refractivity contribution in [1.82, 2.24) is 9.80 Å². The molecule has 1 heterocycles. The number of carboxylic acid groups (broad SMARTS) is 1. The van der Waals surface area contributed by atoms with Crippen LogP contribution in [0, 0.1) is 17.8 Å². The number of hydrogen-bond acceptors (Lipinski definition) is 3. The second-order valence-corrected chi connectivity index (χ2v) is 6.79. The highest BCUT2D eigenvalue weighted by molar-refractivity contribution is 5.85. The van der Waals surface area contributed by atoms with Gasteiger partial charge < -0.3 is 14.9 Å². The van der Waals surface area contributed by atoms with Crippen molar-refractivity contribution in [1.29, 1.82) is 0 Å². The van der Waals surface area contributed by atoms with Crippen LogP contribution in [0.5, 0.6) is 0 Å². The van der Waals surface area contributed by atoms with Gasteiger partial charge in [-0.05, 0) is 45.2 Å². The Morgan fingerprint density at radius 1 is 1.29 bits per heavy atom. The second kappa shape index (κ2) is 6.77. The Balaban J connectivity index is 1.98. The molecule has 4 atom stereocenters. The molecule has 1 amide bonds. The first kappa shape index (κ1) is 16.3. The van der Waals surface area contributed by atoms with E-state index in [1.54, 1.807) is 4.90 Å². The van der Waals surface area contributed by atoms with E-state index < -0.39 is 11.9 Å². The Hall–Kier alpha value is -1.10. The molecule has 1 aliphatic heterocycles. The first-order valence-electron chi connectivity index (χ1n) is 8.12. The van der Waals surface area contributed by atoms with Crippen LogP contribution in [0.25, 0.3) is 0 Å². The SMILES string of the molecule is CCC1CC(C(=O)O)C(C(=O)N(C)CC2CCCN2C)C1. The molecule has 2 rings (SSSR count). The van der Waals surface area contributed by atoms with Crippen molar-refractivity contribution in [3.05, 3.63) is 0 Å². The molecule has 0 radical (unpaired) electrons. The quantitative estimate of drug-likeness (QED) is 0.838. The Morgan fingerprint density at radius 3 is 2.48 bits per heavy atom. The van der Waals surface area contributed by atoms with Crippen LogP contribution in [-0.4, -0.2) is 60.0 Å². The molecule has 1 N–H and O–H groups in total. The fourth-order valence-electron chi connectivity index (χ4n) is 3.92. The molecule has 2 aliphatic rings. The lowest BCUT2D eigenvalue weighted by Gasteiger charge is -2.28. The summed E-state index contributed by atoms with van der Waals surface area (Å²) in [5.41, 5.74) is 0. The molecule has 5 nitrogen and oxygen atoms in total. The number of likely N-dealkylation sites (N-methyl/N-ethyl adjacent to an activating group) is 2. The Bertz CT molecular complexity index is 399. The summed E-state index contributed by atoms with van der Waals surface area (Å²) in [5, 5.41) is 9.37. The molecule has 120 valence electrons. The van der Waals surface area contributed by atoms with Crippen LogP contribution in [0.3, 0.4) is 0 Å². The maximum Gasteiger partial charge on any atom is 0.307 e. The maximum absolute atomic E-state index is 12.7. The van der Waals surface area contributed by atoms with Crippen molar-refractivity contribution in [3.8, 4) is 0 Å². The van der Waals surface area contributed by atoms with Gasteiger partial charge >= 0.3 is 5.97 Å². The molecule has 1 saturated heterocycles. The average Bonchev–Trinajstić information content (AvgIpc) is 3.05. The van der Waals surface area contributed by atoms with E-state index >= 15 is 0 Å². The third-order valence-corrected chi connectivity index (χ3v) is 5.40. The second-order valence-electron chi connectivity index (χ2n) is 6.79. The van der Waals surface area contributed by atoms with E-state index in [1.165, 1.54) is 6.42 Å². The molecular formula is C16H28N2O3. The molecule has 2 fully saturated rings. The maximum atomic E-state index is 12.7. The Labute approximate surface area is 127 Å². The van der Waals surface area contributed by atoms with Crippen molar-refractivity contribution in [3.63, 3.8) is 0 Å². The number of rotatable bonds is 5. The van der Waals surface area contributed by atoms with Crippen molar-refractivity contribution < 1.29 is 14.7 Å². The molecule has 1 aliphatic carbocycles. The summed E-state index contributed by atoms with van der Waals surface area (Å²) in [6.45, 7) is 3.88. The van der Waals surface area contributed by atoms with E-state index in [1.807, 2.05) is 7.05 Å². The van der Waals surface area contributed by atoms with Crippen molar-refractivity contribution in [2.24, 2.45) is 17.8 Å². The van der Waals surface area contributed by atoms with Crippen LogP contribution in [0.15, 0.2) is 0 Å². The van der Waals surface area contributed by atoms with E-state index in [2.05, 4.69) is 18.9 Å². The number of hydrogen-bond donors (Lipinski definition) is 1. The van der Waals surface area contributed by atoms with Gasteiger partial charge in [0.2, 0.25) is 5.91 Å². The standard InChI is InChI=1S/C16H28N2O3/c1-4-11-8-13(14(9-11)16(20)21)15(19)18(3)10-12-6-5-7-17(12)2/h11-14H,4-10H2,1-3H3,(H,20,21). The van der Waals surface area contributed by atoms with Crippen LogP contribution in [-0.2, 0) is 9.59 Å². The van der Waals surface area contributed by atoms with E-state index in [4.69, 9.17) is 0 Å². The highest BCUT2D eigenvalue weighted by Crippen LogP contribution is 2.39. The summed E-state index contributed by atoms with van der Waals surface area (Å²) in [4.78, 5) is 28.1. The molecular weight excluding hydrogens is 268 g/mol. The Kier molecular flexibility index (Phi) is 5.25. The van der Waals surface area contributed by atoms with Gasteiger partial charge in [-0.3, -0.25) is 9.59 Å². The lowest BCUT2D eigenvalue weighted by molar-refractivity contribution is -0.148. The summed E-state index contributed by atoms with van der Waals surface area (Å²) in [6.07, 6.45) is 4.65. The predicted molar refractivity (Wildman–Crippen MR) is 80.9 cm³/mol. The topological polar surface area (TPSA) is 60.9 Å². The van der Waals surface area contributed by atoms with Crippen LogP contribution in [0.4, 0.5) is 0 Å². The van der Waals surface area contributed by atoms with Crippen LogP contribution in [0.1, 0.15) is 39.0 Å². The van der Waals surface area contributed by atoms with Crippen molar-refractivity contribution in [2.75, 3.05) is 27.2 Å². The van der Waals surface area contributed by atoms with Gasteiger partial charge in [-0.1, -0.05) is 13.3 Å². The van der Waals surface area contributed by atoms with Crippen LogP contribution in [0.2, 0.25) is 0 Å². The number of amides is 1. The number of carboxylic acids is 1. The molecule has 0 aromatic heterocycles. The first-order valence-corrected chi connectivity index (χ1v) is 8.12. The summed E-state index contributed by atoms with van der Waals surface area (Å²) >= 11 is 0. The third kappa shape index (κ3) is 3.57. The fourth-order valence-corrected chi connectivity index (χ4v) is 3.92. The lowest BCUT2D eigenvalue weighted by Crippen LogP contribution is -2.43. The number of carbonyl (C=O) groups is 2. The molecule has 0 aromatic rings. The van der Waals surface area contributed by atoms with E-state index in [9.17, 15) is 14.7 Å². The number of carbonyl (C=O) groups excluding carboxylic acids is 1. The van der Waals surface area contributed by atoms with Gasteiger partial charge in [-0.25, -0.2) is 0 Å². The summed E-state index contributed by atoms with van der Waals surface area (Å²) in [5.74, 6) is -1.23. The van der Waals surface area contributed by atoms with Gasteiger partial charge in [0.05, 0.1) is 11.8 Å². The largest absolute Gasteiger partial charge is 0.481 e. The van der Waals surface area contributed by atoms with Gasteiger partial charge in [-0.2, -0.15) is 0 Å². The van der Waals surface area contributed by atoms with Crippen molar-refractivity contribution in [2.45, 2.75) is 45.1 Å². The molecule has 0 bridgehead atoms. The minimum absolute atomic E-state index is 0.0265. The highest BCUT2D eigenvalue weighted by atomic mass is 16.4. The van der Waals surface area contributed by atoms with Crippen LogP contribution < -0.4 is 0 Å². The normalized spacial score (nSPS) is 33.3. The minimum Gasteiger partial charge on any atom is -0.481 e. The molecule has 0 spiro atoms. The Morgan fingerprint density at radius 2 is 1.95 bits per heavy atom. The molecule has 1 saturated carbocycles. The zero-order valence-corrected chi connectivity index (χ0v) is 13.4. The fraction of sp³-hybridized carbons (Fsp3) is 0.875. The van der Waals surface area contributed by atoms with Gasteiger partial charge in [-0.15, -0.1) is 0 Å². The number of nitrogens with zero attached hydrogens (tertiary/aromatic N) is 2. The van der Waals surface area contributed by atoms with Gasteiger partial charge in [0.25, 0.3) is 0 Å². The molecule has 0 aromatic carbocycles. The average molecular weight is 296 g/mol. The minimum atomic E-state index is -0.810. The smallest absolute Gasteiger partial charge is 0.307 e. The van der Waals surface area contributed by atoms with E-state index in [-0.39, 0.29) is 11.8 Å². The van der Waals surface area contributed by atoms with E-state index in [0.717, 1.165) is 32.4 Å². The summed E-state index contributed by atoms with van der Waals surface area (Å²) < 4.78 is 0. The third-order valence-electron chi connectivity index (χ3n) is 5.40. The molecule has 5 heteroatoms. The number of likely N-dealkylation sites (tertiary alicyclic amines) is 1. The first-order chi connectivity index (χ1) is 9.93. The van der Waals surface area contributed by atoms with Gasteiger partial charge in [0.15, 0.2) is 0 Å². The van der Waals surface area contributed by atoms with Crippen LogP contribution >= 0.6 is 0 Å². The monoisotopic (exact) mass is 296 g/mol. The number of aliphatic carboxylic acids is 1. The zero-order valence-electron chi connectivity index (χ0n) is 13.4. The molecule has 21 heavy (non-hydrogen) atoms. The summed E-state index contributed by atoms with van der Waals surface area (Å²) in [7, 11) is 3.92. The predicted octanol–water partition coefficient (Wildman–Crippen LogP) is 1.68. The lowest BCUT2D eigenvalue weighted by atomic mass is 9.94. The van der Waals surface area contributed by atoms with Gasteiger partial charge in [0.1, 0.15) is 0 Å². The summed E-state index contributed by atoms with van der Waals surface area (Å²) in [6, 6.07) is 0.422. The van der Waals surface area contributed by atoms with Crippen molar-refractivity contribution >= 4 is 11.9 Å². The molecule has 4 unspecified atom stereocenters. The highest BCUT2D eigenvalue weighted by Gasteiger charge is 2.43. The zero-order chi connectivity index (χ0) is 15.6.